The molecular formula is C6H10N6O. The Hall–Kier alpha value is -1.92. The maximum absolute atomic E-state index is 10.1. The maximum atomic E-state index is 10.1. The van der Waals surface area contributed by atoms with Gasteiger partial charge >= 0.3 is 0 Å². The zero-order valence-electron chi connectivity index (χ0n) is 7.38. The van der Waals surface area contributed by atoms with Crippen molar-refractivity contribution in [2.75, 3.05) is 7.05 Å². The molecule has 1 amide bonds. The van der Waals surface area contributed by atoms with Crippen LogP contribution in [0.2, 0.25) is 0 Å². The van der Waals surface area contributed by atoms with Gasteiger partial charge in [-0.3, -0.25) is 15.2 Å². The number of carbonyl (C=O) groups excluding carboxylic acids is 1. The summed E-state index contributed by atoms with van der Waals surface area (Å²) >= 11 is 0. The molecule has 0 radical (unpaired) electrons. The smallest absolute Gasteiger partial charge is 0.227 e. The van der Waals surface area contributed by atoms with Crippen LogP contribution in [0.3, 0.4) is 0 Å². The number of hydrogen-bond donors (Lipinski definition) is 1. The standard InChI is InChI=1S/C6H10N6O/c1-10-5-12(4-9-10)8-3-7-11(2)6-13/h3-4,6H,1-2H3,(H,7,8). The van der Waals surface area contributed by atoms with E-state index in [4.69, 9.17) is 0 Å². The molecular weight excluding hydrogens is 172 g/mol. The lowest BCUT2D eigenvalue weighted by Crippen LogP contribution is -2.32. The number of hydrogen-bond acceptors (Lipinski definition) is 3. The topological polar surface area (TPSA) is 66.4 Å². The highest BCUT2D eigenvalue weighted by Crippen LogP contribution is 1.74. The van der Waals surface area contributed by atoms with Crippen LogP contribution < -0.4 is 10.1 Å². The van der Waals surface area contributed by atoms with Crippen LogP contribution in [0.1, 0.15) is 0 Å². The predicted octanol–water partition coefficient (Wildman–Crippen LogP) is -2.11. The molecule has 0 saturated carbocycles. The number of aromatic nitrogens is 3. The third-order valence-corrected chi connectivity index (χ3v) is 1.18. The fourth-order valence-corrected chi connectivity index (χ4v) is 0.591. The Kier molecular flexibility index (Phi) is 2.96. The first-order valence-electron chi connectivity index (χ1n) is 3.52. The third kappa shape index (κ3) is 2.89. The van der Waals surface area contributed by atoms with Crippen LogP contribution in [0.4, 0.5) is 0 Å². The van der Waals surface area contributed by atoms with Gasteiger partial charge in [-0.1, -0.05) is 0 Å². The minimum absolute atomic E-state index is 0.629. The van der Waals surface area contributed by atoms with E-state index in [9.17, 15) is 4.79 Å². The van der Waals surface area contributed by atoms with Gasteiger partial charge in [0.25, 0.3) is 0 Å². The van der Waals surface area contributed by atoms with Crippen molar-refractivity contribution in [2.24, 2.45) is 12.1 Å². The lowest BCUT2D eigenvalue weighted by atomic mass is 11.1. The van der Waals surface area contributed by atoms with Gasteiger partial charge in [0.1, 0.15) is 6.34 Å². The largest absolute Gasteiger partial charge is 0.283 e. The van der Waals surface area contributed by atoms with Gasteiger partial charge in [0.2, 0.25) is 6.41 Å². The summed E-state index contributed by atoms with van der Waals surface area (Å²) in [6, 6.07) is 0. The van der Waals surface area contributed by atoms with Crippen LogP contribution in [0.15, 0.2) is 11.4 Å². The van der Waals surface area contributed by atoms with Gasteiger partial charge in [0, 0.05) is 7.05 Å². The Morgan fingerprint density at radius 1 is 1.85 bits per heavy atom. The van der Waals surface area contributed by atoms with E-state index in [-0.39, 0.29) is 0 Å². The van der Waals surface area contributed by atoms with Crippen LogP contribution in [0.5, 0.6) is 0 Å². The zero-order chi connectivity index (χ0) is 9.68. The summed E-state index contributed by atoms with van der Waals surface area (Å²) in [5.41, 5.74) is 2.59. The van der Waals surface area contributed by atoms with E-state index >= 15 is 0 Å². The van der Waals surface area contributed by atoms with Crippen molar-refractivity contribution >= 4 is 12.7 Å². The fourth-order valence-electron chi connectivity index (χ4n) is 0.591. The molecule has 0 fully saturated rings. The van der Waals surface area contributed by atoms with Crippen molar-refractivity contribution in [2.45, 2.75) is 0 Å². The minimum Gasteiger partial charge on any atom is -0.283 e. The molecule has 0 spiro atoms. The lowest BCUT2D eigenvalue weighted by Gasteiger charge is -2.06. The summed E-state index contributed by atoms with van der Waals surface area (Å²) in [5.74, 6) is 0. The van der Waals surface area contributed by atoms with Crippen molar-refractivity contribution in [3.63, 3.8) is 0 Å². The summed E-state index contributed by atoms with van der Waals surface area (Å²) in [6.45, 7) is 0. The molecule has 0 unspecified atom stereocenters. The first-order chi connectivity index (χ1) is 6.22. The monoisotopic (exact) mass is 182 g/mol. The summed E-state index contributed by atoms with van der Waals surface area (Å²) in [4.78, 5) is 10.1. The molecule has 1 rings (SSSR count). The van der Waals surface area contributed by atoms with Crippen molar-refractivity contribution in [3.05, 3.63) is 12.7 Å². The van der Waals surface area contributed by atoms with Crippen LogP contribution in [0, 0.1) is 6.33 Å². The number of nitrogens with one attached hydrogen (secondary N) is 1. The molecule has 0 bridgehead atoms. The molecule has 0 aromatic carbocycles. The first kappa shape index (κ1) is 9.17. The van der Waals surface area contributed by atoms with E-state index in [1.165, 1.54) is 27.0 Å². The number of aryl methyl sites for hydroxylation is 1. The van der Waals surface area contributed by atoms with Crippen LogP contribution in [-0.2, 0) is 11.8 Å². The Morgan fingerprint density at radius 2 is 2.62 bits per heavy atom. The quantitative estimate of drug-likeness (QED) is 0.145. The molecule has 0 aliphatic carbocycles. The molecule has 7 heteroatoms. The first-order valence-corrected chi connectivity index (χ1v) is 3.52. The number of nitrogens with zero attached hydrogens (tertiary/aromatic N) is 5. The second-order valence-corrected chi connectivity index (χ2v) is 2.29. The molecule has 0 atom stereocenters. The normalized spacial score (nSPS) is 10.3. The van der Waals surface area contributed by atoms with E-state index in [0.29, 0.717) is 6.41 Å². The summed E-state index contributed by atoms with van der Waals surface area (Å²) in [6.07, 6.45) is 6.21. The predicted molar refractivity (Wildman–Crippen MR) is 43.1 cm³/mol. The SMILES string of the molecule is CN(C=O)N/C=N\n1[c-][n+](C)nc1. The molecule has 1 aromatic heterocycles. The molecule has 7 nitrogen and oxygen atoms in total. The highest BCUT2D eigenvalue weighted by Gasteiger charge is 1.87. The Morgan fingerprint density at radius 3 is 3.15 bits per heavy atom. The molecule has 1 heterocycles. The molecule has 0 saturated heterocycles. The van der Waals surface area contributed by atoms with Gasteiger partial charge in [0.05, 0.1) is 13.4 Å². The zero-order valence-corrected chi connectivity index (χ0v) is 7.38. The van der Waals surface area contributed by atoms with E-state index in [1.807, 2.05) is 0 Å². The average Bonchev–Trinajstić information content (AvgIpc) is 2.51. The second kappa shape index (κ2) is 4.19. The van der Waals surface area contributed by atoms with Gasteiger partial charge in [-0.25, -0.2) is 9.36 Å². The minimum atomic E-state index is 0.629. The van der Waals surface area contributed by atoms with E-state index in [1.54, 1.807) is 14.1 Å². The van der Waals surface area contributed by atoms with Gasteiger partial charge in [-0.05, 0) is 0 Å². The maximum Gasteiger partial charge on any atom is 0.227 e. The highest BCUT2D eigenvalue weighted by molar-refractivity contribution is 5.57. The van der Waals surface area contributed by atoms with Crippen molar-refractivity contribution in [1.82, 2.24) is 20.2 Å². The molecule has 13 heavy (non-hydrogen) atoms. The number of rotatable bonds is 4. The number of hydrazine groups is 1. The van der Waals surface area contributed by atoms with Gasteiger partial charge in [0.15, 0.2) is 6.33 Å². The average molecular weight is 182 g/mol. The van der Waals surface area contributed by atoms with Crippen molar-refractivity contribution in [1.29, 1.82) is 0 Å². The van der Waals surface area contributed by atoms with Crippen molar-refractivity contribution < 1.29 is 9.48 Å². The molecule has 70 valence electrons. The van der Waals surface area contributed by atoms with Crippen LogP contribution in [0.25, 0.3) is 0 Å². The second-order valence-electron chi connectivity index (χ2n) is 2.29. The fraction of sp³-hybridized carbons (Fsp3) is 0.333. The van der Waals surface area contributed by atoms with E-state index in [2.05, 4.69) is 22.0 Å². The van der Waals surface area contributed by atoms with E-state index in [0.717, 1.165) is 0 Å². The summed E-state index contributed by atoms with van der Waals surface area (Å²) in [7, 11) is 3.30. The Bertz CT molecular complexity index is 306. The van der Waals surface area contributed by atoms with Gasteiger partial charge < -0.3 is 0 Å². The summed E-state index contributed by atoms with van der Waals surface area (Å²) < 4.78 is 2.87. The Balaban J connectivity index is 2.44. The lowest BCUT2D eigenvalue weighted by molar-refractivity contribution is -0.732. The molecule has 0 aliphatic rings. The highest BCUT2D eigenvalue weighted by atomic mass is 16.1. The third-order valence-electron chi connectivity index (χ3n) is 1.18. The molecule has 0 aliphatic heterocycles. The number of carbonyl (C=O) groups is 1. The van der Waals surface area contributed by atoms with Crippen molar-refractivity contribution in [3.8, 4) is 0 Å². The van der Waals surface area contributed by atoms with E-state index < -0.39 is 0 Å². The Labute approximate surface area is 75.2 Å². The summed E-state index contributed by atoms with van der Waals surface area (Å²) in [5, 5.41) is 8.91. The number of amides is 1. The van der Waals surface area contributed by atoms with Gasteiger partial charge in [-0.2, -0.15) is 5.10 Å². The molecule has 1 N–H and O–H groups in total. The molecule has 1 aromatic rings. The van der Waals surface area contributed by atoms with Gasteiger partial charge in [-0.15, -0.1) is 5.10 Å². The van der Waals surface area contributed by atoms with Crippen LogP contribution in [-0.4, -0.2) is 34.6 Å². The van der Waals surface area contributed by atoms with Crippen LogP contribution >= 0.6 is 0 Å².